The van der Waals surface area contributed by atoms with Gasteiger partial charge in [0, 0.05) is 23.3 Å². The molecule has 1 aromatic heterocycles. The van der Waals surface area contributed by atoms with Gasteiger partial charge in [-0.1, -0.05) is 6.92 Å². The highest BCUT2D eigenvalue weighted by Gasteiger charge is 2.28. The highest BCUT2D eigenvalue weighted by molar-refractivity contribution is 7.99. The molecule has 6 heteroatoms. The van der Waals surface area contributed by atoms with Crippen molar-refractivity contribution in [2.45, 2.75) is 56.2 Å². The van der Waals surface area contributed by atoms with E-state index in [4.69, 9.17) is 5.84 Å². The minimum absolute atomic E-state index is 0.534. The van der Waals surface area contributed by atoms with Crippen LogP contribution in [0, 0.1) is 0 Å². The Hall–Kier alpha value is -1.01. The number of nitrogens with one attached hydrogen (secondary N) is 2. The third-order valence-electron chi connectivity index (χ3n) is 3.97. The smallest absolute Gasteiger partial charge is 0.145 e. The number of nitrogens with two attached hydrogens (primary N) is 1. The molecule has 0 aliphatic heterocycles. The first-order valence-electron chi connectivity index (χ1n) is 7.52. The van der Waals surface area contributed by atoms with Crippen molar-refractivity contribution in [2.75, 3.05) is 16.5 Å². The van der Waals surface area contributed by atoms with Gasteiger partial charge in [0.15, 0.2) is 0 Å². The fraction of sp³-hybridized carbons (Fsp3) is 0.714. The quantitative estimate of drug-likeness (QED) is 0.553. The molecule has 0 radical (unpaired) electrons. The maximum atomic E-state index is 5.51. The van der Waals surface area contributed by atoms with Crippen LogP contribution in [0.1, 0.15) is 50.8 Å². The van der Waals surface area contributed by atoms with Gasteiger partial charge in [-0.05, 0) is 37.9 Å². The van der Waals surface area contributed by atoms with Crippen molar-refractivity contribution in [1.29, 1.82) is 0 Å². The van der Waals surface area contributed by atoms with Crippen molar-refractivity contribution < 1.29 is 0 Å². The summed E-state index contributed by atoms with van der Waals surface area (Å²) >= 11 is 2.07. The van der Waals surface area contributed by atoms with Gasteiger partial charge >= 0.3 is 0 Å². The van der Waals surface area contributed by atoms with E-state index in [1.165, 1.54) is 37.9 Å². The van der Waals surface area contributed by atoms with E-state index in [2.05, 4.69) is 39.4 Å². The summed E-state index contributed by atoms with van der Waals surface area (Å²) in [5.41, 5.74) is 2.65. The van der Waals surface area contributed by atoms with Gasteiger partial charge in [0.25, 0.3) is 0 Å². The second-order valence-electron chi connectivity index (χ2n) is 5.65. The molecule has 110 valence electrons. The molecule has 4 N–H and O–H groups in total. The summed E-state index contributed by atoms with van der Waals surface area (Å²) in [7, 11) is 0. The van der Waals surface area contributed by atoms with E-state index in [0.29, 0.717) is 17.8 Å². The SMILES string of the molecule is CCSC1CCC(Nc2cc(NN)nc(C3CC3)n2)C1. The Bertz CT molecular complexity index is 463. The van der Waals surface area contributed by atoms with Crippen LogP contribution in [0.25, 0.3) is 0 Å². The molecular formula is C14H23N5S. The van der Waals surface area contributed by atoms with Gasteiger partial charge < -0.3 is 10.7 Å². The monoisotopic (exact) mass is 293 g/mol. The third-order valence-corrected chi connectivity index (χ3v) is 5.21. The third kappa shape index (κ3) is 3.35. The van der Waals surface area contributed by atoms with Crippen LogP contribution < -0.4 is 16.6 Å². The predicted molar refractivity (Wildman–Crippen MR) is 85.0 cm³/mol. The molecule has 5 nitrogen and oxygen atoms in total. The summed E-state index contributed by atoms with van der Waals surface area (Å²) < 4.78 is 0. The van der Waals surface area contributed by atoms with E-state index in [9.17, 15) is 0 Å². The molecule has 1 aromatic rings. The van der Waals surface area contributed by atoms with Crippen molar-refractivity contribution in [2.24, 2.45) is 5.84 Å². The Balaban J connectivity index is 1.66. The summed E-state index contributed by atoms with van der Waals surface area (Å²) in [6, 6.07) is 2.44. The molecule has 2 unspecified atom stereocenters. The summed E-state index contributed by atoms with van der Waals surface area (Å²) in [6.07, 6.45) is 6.16. The number of hydrogen-bond donors (Lipinski definition) is 3. The highest BCUT2D eigenvalue weighted by atomic mass is 32.2. The molecule has 0 spiro atoms. The molecule has 0 saturated heterocycles. The van der Waals surface area contributed by atoms with Crippen LogP contribution in [-0.4, -0.2) is 27.0 Å². The van der Waals surface area contributed by atoms with Crippen molar-refractivity contribution in [3.8, 4) is 0 Å². The zero-order valence-corrected chi connectivity index (χ0v) is 12.7. The van der Waals surface area contributed by atoms with Crippen LogP contribution in [0.3, 0.4) is 0 Å². The zero-order chi connectivity index (χ0) is 13.9. The van der Waals surface area contributed by atoms with E-state index < -0.39 is 0 Å². The van der Waals surface area contributed by atoms with Crippen molar-refractivity contribution >= 4 is 23.4 Å². The molecular weight excluding hydrogens is 270 g/mol. The first-order valence-corrected chi connectivity index (χ1v) is 8.57. The number of hydrogen-bond acceptors (Lipinski definition) is 6. The van der Waals surface area contributed by atoms with Gasteiger partial charge in [-0.25, -0.2) is 15.8 Å². The summed E-state index contributed by atoms with van der Waals surface area (Å²) in [5.74, 6) is 9.81. The van der Waals surface area contributed by atoms with Gasteiger partial charge in [-0.3, -0.25) is 0 Å². The van der Waals surface area contributed by atoms with Crippen LogP contribution in [0.5, 0.6) is 0 Å². The molecule has 2 aliphatic rings. The molecule has 0 amide bonds. The average Bonchev–Trinajstić information content (AvgIpc) is 3.22. The fourth-order valence-corrected chi connectivity index (χ4v) is 3.95. The maximum absolute atomic E-state index is 5.51. The standard InChI is InChI=1S/C14H23N5S/c1-2-20-11-6-5-10(7-11)16-12-8-13(19-15)18-14(17-12)9-3-4-9/h8-11H,2-7,15H2,1H3,(H2,16,17,18,19). The van der Waals surface area contributed by atoms with Gasteiger partial charge in [0.2, 0.25) is 0 Å². The van der Waals surface area contributed by atoms with Gasteiger partial charge in [0.1, 0.15) is 17.5 Å². The minimum atomic E-state index is 0.534. The Kier molecular flexibility index (Phi) is 4.31. The molecule has 2 atom stereocenters. The lowest BCUT2D eigenvalue weighted by Gasteiger charge is -2.15. The molecule has 2 aliphatic carbocycles. The number of anilines is 2. The van der Waals surface area contributed by atoms with Crippen molar-refractivity contribution in [1.82, 2.24) is 9.97 Å². The second kappa shape index (κ2) is 6.18. The van der Waals surface area contributed by atoms with E-state index >= 15 is 0 Å². The fourth-order valence-electron chi connectivity index (χ4n) is 2.81. The van der Waals surface area contributed by atoms with E-state index in [1.54, 1.807) is 0 Å². The van der Waals surface area contributed by atoms with Crippen molar-refractivity contribution in [3.05, 3.63) is 11.9 Å². The Morgan fingerprint density at radius 3 is 2.75 bits per heavy atom. The summed E-state index contributed by atoms with van der Waals surface area (Å²) in [5, 5.41) is 4.37. The first-order chi connectivity index (χ1) is 9.78. The maximum Gasteiger partial charge on any atom is 0.145 e. The van der Waals surface area contributed by atoms with Crippen molar-refractivity contribution in [3.63, 3.8) is 0 Å². The lowest BCUT2D eigenvalue weighted by molar-refractivity contribution is 0.748. The second-order valence-corrected chi connectivity index (χ2v) is 7.22. The molecule has 0 aromatic carbocycles. The van der Waals surface area contributed by atoms with Gasteiger partial charge in [-0.15, -0.1) is 0 Å². The number of rotatable bonds is 6. The van der Waals surface area contributed by atoms with Gasteiger partial charge in [-0.2, -0.15) is 11.8 Å². The zero-order valence-electron chi connectivity index (χ0n) is 11.9. The molecule has 0 bridgehead atoms. The molecule has 2 fully saturated rings. The number of thioether (sulfide) groups is 1. The van der Waals surface area contributed by atoms with Crippen LogP contribution >= 0.6 is 11.8 Å². The average molecular weight is 293 g/mol. The number of aromatic nitrogens is 2. The first kappa shape index (κ1) is 13.9. The molecule has 20 heavy (non-hydrogen) atoms. The Labute approximate surface area is 124 Å². The van der Waals surface area contributed by atoms with E-state index in [0.717, 1.165) is 16.9 Å². The topological polar surface area (TPSA) is 75.9 Å². The van der Waals surface area contributed by atoms with Gasteiger partial charge in [0.05, 0.1) is 0 Å². The normalized spacial score (nSPS) is 25.7. The lowest BCUT2D eigenvalue weighted by Crippen LogP contribution is -2.18. The number of nitrogen functional groups attached to an aromatic ring is 1. The number of nitrogens with zero attached hydrogens (tertiary/aromatic N) is 2. The van der Waals surface area contributed by atoms with Crippen LogP contribution in [0.15, 0.2) is 6.07 Å². The molecule has 1 heterocycles. The predicted octanol–water partition coefficient (Wildman–Crippen LogP) is 2.73. The number of hydrazine groups is 1. The van der Waals surface area contributed by atoms with Crippen LogP contribution in [0.4, 0.5) is 11.6 Å². The van der Waals surface area contributed by atoms with E-state index in [1.807, 2.05) is 6.07 Å². The minimum Gasteiger partial charge on any atom is -0.367 e. The molecule has 3 rings (SSSR count). The Morgan fingerprint density at radius 2 is 2.05 bits per heavy atom. The highest BCUT2D eigenvalue weighted by Crippen LogP contribution is 2.39. The lowest BCUT2D eigenvalue weighted by atomic mass is 10.2. The summed E-state index contributed by atoms with van der Waals surface area (Å²) in [6.45, 7) is 2.23. The summed E-state index contributed by atoms with van der Waals surface area (Å²) in [4.78, 5) is 9.09. The molecule has 2 saturated carbocycles. The Morgan fingerprint density at radius 1 is 1.25 bits per heavy atom. The van der Waals surface area contributed by atoms with E-state index in [-0.39, 0.29) is 0 Å². The van der Waals surface area contributed by atoms with Crippen LogP contribution in [0.2, 0.25) is 0 Å². The largest absolute Gasteiger partial charge is 0.367 e. The van der Waals surface area contributed by atoms with Crippen LogP contribution in [-0.2, 0) is 0 Å².